The van der Waals surface area contributed by atoms with Gasteiger partial charge in [0.15, 0.2) is 0 Å². The SMILES string of the molecule is CC(NCc1nn(C)c2ccccc12)c1cccnc1. The Bertz CT molecular complexity index is 703. The van der Waals surface area contributed by atoms with E-state index in [1.54, 1.807) is 6.20 Å². The van der Waals surface area contributed by atoms with Crippen LogP contribution in [0, 0.1) is 0 Å². The van der Waals surface area contributed by atoms with E-state index in [1.807, 2.05) is 30.1 Å². The fourth-order valence-corrected chi connectivity index (χ4v) is 2.42. The average molecular weight is 266 g/mol. The van der Waals surface area contributed by atoms with E-state index in [0.717, 1.165) is 12.2 Å². The molecule has 0 spiro atoms. The van der Waals surface area contributed by atoms with Crippen molar-refractivity contribution in [1.82, 2.24) is 20.1 Å². The number of aromatic nitrogens is 3. The molecule has 2 heterocycles. The predicted octanol–water partition coefficient (Wildman–Crippen LogP) is 2.82. The van der Waals surface area contributed by atoms with Crippen LogP contribution in [0.4, 0.5) is 0 Å². The standard InChI is InChI=1S/C16H18N4/c1-12(13-6-5-9-17-10-13)18-11-15-14-7-3-4-8-16(14)20(2)19-15/h3-10,12,18H,11H2,1-2H3. The zero-order valence-corrected chi connectivity index (χ0v) is 11.7. The molecule has 1 unspecified atom stereocenters. The number of hydrogen-bond donors (Lipinski definition) is 1. The van der Waals surface area contributed by atoms with Crippen molar-refractivity contribution in [2.24, 2.45) is 7.05 Å². The van der Waals surface area contributed by atoms with Crippen LogP contribution in [0.1, 0.15) is 24.2 Å². The number of rotatable bonds is 4. The van der Waals surface area contributed by atoms with Crippen molar-refractivity contribution in [2.45, 2.75) is 19.5 Å². The average Bonchev–Trinajstić information content (AvgIpc) is 2.83. The number of para-hydroxylation sites is 1. The van der Waals surface area contributed by atoms with Gasteiger partial charge in [0.2, 0.25) is 0 Å². The van der Waals surface area contributed by atoms with Crippen LogP contribution >= 0.6 is 0 Å². The fraction of sp³-hybridized carbons (Fsp3) is 0.250. The molecule has 0 aliphatic carbocycles. The zero-order chi connectivity index (χ0) is 13.9. The lowest BCUT2D eigenvalue weighted by Crippen LogP contribution is -2.18. The second kappa shape index (κ2) is 5.43. The first kappa shape index (κ1) is 12.8. The second-order valence-electron chi connectivity index (χ2n) is 4.98. The number of hydrogen-bond acceptors (Lipinski definition) is 3. The fourth-order valence-electron chi connectivity index (χ4n) is 2.42. The highest BCUT2D eigenvalue weighted by molar-refractivity contribution is 5.81. The molecular weight excluding hydrogens is 248 g/mol. The normalized spacial score (nSPS) is 12.7. The van der Waals surface area contributed by atoms with Gasteiger partial charge in [-0.1, -0.05) is 24.3 Å². The maximum atomic E-state index is 4.59. The third kappa shape index (κ3) is 2.42. The van der Waals surface area contributed by atoms with Gasteiger partial charge >= 0.3 is 0 Å². The highest BCUT2D eigenvalue weighted by atomic mass is 15.3. The number of aryl methyl sites for hydroxylation is 1. The molecule has 0 saturated carbocycles. The number of nitrogens with zero attached hydrogens (tertiary/aromatic N) is 3. The summed E-state index contributed by atoms with van der Waals surface area (Å²) in [5, 5.41) is 9.31. The monoisotopic (exact) mass is 266 g/mol. The summed E-state index contributed by atoms with van der Waals surface area (Å²) in [5.41, 5.74) is 3.44. The Morgan fingerprint density at radius 3 is 2.85 bits per heavy atom. The Balaban J connectivity index is 1.77. The van der Waals surface area contributed by atoms with Crippen molar-refractivity contribution in [3.8, 4) is 0 Å². The largest absolute Gasteiger partial charge is 0.304 e. The van der Waals surface area contributed by atoms with Crippen molar-refractivity contribution in [3.05, 3.63) is 60.0 Å². The molecule has 0 aliphatic rings. The smallest absolute Gasteiger partial charge is 0.0841 e. The summed E-state index contributed by atoms with van der Waals surface area (Å²) in [6.07, 6.45) is 3.69. The molecule has 3 rings (SSSR count). The summed E-state index contributed by atoms with van der Waals surface area (Å²) in [6.45, 7) is 2.89. The minimum Gasteiger partial charge on any atom is -0.304 e. The van der Waals surface area contributed by atoms with Gasteiger partial charge in [-0.05, 0) is 24.6 Å². The summed E-state index contributed by atoms with van der Waals surface area (Å²) in [4.78, 5) is 4.16. The topological polar surface area (TPSA) is 42.7 Å². The first-order valence-corrected chi connectivity index (χ1v) is 6.79. The molecule has 102 valence electrons. The first-order valence-electron chi connectivity index (χ1n) is 6.79. The number of benzene rings is 1. The molecule has 4 heteroatoms. The summed E-state index contributed by atoms with van der Waals surface area (Å²) < 4.78 is 1.93. The summed E-state index contributed by atoms with van der Waals surface area (Å²) in [6, 6.07) is 12.6. The van der Waals surface area contributed by atoms with Crippen molar-refractivity contribution >= 4 is 10.9 Å². The Labute approximate surface area is 118 Å². The summed E-state index contributed by atoms with van der Waals surface area (Å²) in [5.74, 6) is 0. The van der Waals surface area contributed by atoms with Gasteiger partial charge in [-0.2, -0.15) is 5.10 Å². The van der Waals surface area contributed by atoms with Gasteiger partial charge in [-0.25, -0.2) is 0 Å². The van der Waals surface area contributed by atoms with E-state index >= 15 is 0 Å². The molecule has 1 N–H and O–H groups in total. The molecule has 2 aromatic heterocycles. The van der Waals surface area contributed by atoms with E-state index in [4.69, 9.17) is 0 Å². The zero-order valence-electron chi connectivity index (χ0n) is 11.7. The van der Waals surface area contributed by atoms with Crippen LogP contribution < -0.4 is 5.32 Å². The van der Waals surface area contributed by atoms with Crippen LogP contribution in [0.2, 0.25) is 0 Å². The predicted molar refractivity (Wildman–Crippen MR) is 80.2 cm³/mol. The van der Waals surface area contributed by atoms with E-state index in [2.05, 4.69) is 46.6 Å². The van der Waals surface area contributed by atoms with E-state index in [-0.39, 0.29) is 6.04 Å². The molecule has 0 saturated heterocycles. The molecule has 1 aromatic carbocycles. The Morgan fingerprint density at radius 2 is 2.05 bits per heavy atom. The van der Waals surface area contributed by atoms with E-state index in [1.165, 1.54) is 16.5 Å². The Kier molecular flexibility index (Phi) is 3.48. The molecule has 0 radical (unpaired) electrons. The molecule has 4 nitrogen and oxygen atoms in total. The molecule has 0 aliphatic heterocycles. The molecular formula is C16H18N4. The van der Waals surface area contributed by atoms with Crippen molar-refractivity contribution in [2.75, 3.05) is 0 Å². The van der Waals surface area contributed by atoms with Crippen LogP contribution in [0.25, 0.3) is 10.9 Å². The van der Waals surface area contributed by atoms with Gasteiger partial charge in [-0.3, -0.25) is 9.67 Å². The molecule has 3 aromatic rings. The minimum atomic E-state index is 0.254. The molecule has 1 atom stereocenters. The van der Waals surface area contributed by atoms with Gasteiger partial charge in [-0.15, -0.1) is 0 Å². The Morgan fingerprint density at radius 1 is 1.20 bits per heavy atom. The van der Waals surface area contributed by atoms with Gasteiger partial charge in [0, 0.05) is 37.4 Å². The van der Waals surface area contributed by atoms with Crippen molar-refractivity contribution < 1.29 is 0 Å². The third-order valence-electron chi connectivity index (χ3n) is 3.59. The Hall–Kier alpha value is -2.20. The lowest BCUT2D eigenvalue weighted by atomic mass is 10.1. The van der Waals surface area contributed by atoms with Gasteiger partial charge < -0.3 is 5.32 Å². The molecule has 0 bridgehead atoms. The number of fused-ring (bicyclic) bond motifs is 1. The molecule has 0 fully saturated rings. The van der Waals surface area contributed by atoms with Crippen molar-refractivity contribution in [1.29, 1.82) is 0 Å². The minimum absolute atomic E-state index is 0.254. The van der Waals surface area contributed by atoms with Crippen LogP contribution in [0.3, 0.4) is 0 Å². The highest BCUT2D eigenvalue weighted by Gasteiger charge is 2.10. The van der Waals surface area contributed by atoms with Gasteiger partial charge in [0.1, 0.15) is 0 Å². The van der Waals surface area contributed by atoms with Crippen molar-refractivity contribution in [3.63, 3.8) is 0 Å². The lowest BCUT2D eigenvalue weighted by Gasteiger charge is -2.12. The quantitative estimate of drug-likeness (QED) is 0.789. The maximum Gasteiger partial charge on any atom is 0.0841 e. The summed E-state index contributed by atoms with van der Waals surface area (Å²) in [7, 11) is 1.98. The van der Waals surface area contributed by atoms with Gasteiger partial charge in [0.25, 0.3) is 0 Å². The van der Waals surface area contributed by atoms with Crippen LogP contribution in [-0.2, 0) is 13.6 Å². The summed E-state index contributed by atoms with van der Waals surface area (Å²) >= 11 is 0. The van der Waals surface area contributed by atoms with Crippen LogP contribution in [-0.4, -0.2) is 14.8 Å². The number of nitrogens with one attached hydrogen (secondary N) is 1. The van der Waals surface area contributed by atoms with E-state index in [9.17, 15) is 0 Å². The second-order valence-corrected chi connectivity index (χ2v) is 4.98. The van der Waals surface area contributed by atoms with Crippen LogP contribution in [0.15, 0.2) is 48.8 Å². The highest BCUT2D eigenvalue weighted by Crippen LogP contribution is 2.18. The third-order valence-corrected chi connectivity index (χ3v) is 3.59. The van der Waals surface area contributed by atoms with Crippen LogP contribution in [0.5, 0.6) is 0 Å². The molecule has 0 amide bonds. The van der Waals surface area contributed by atoms with Gasteiger partial charge in [0.05, 0.1) is 11.2 Å². The maximum absolute atomic E-state index is 4.59. The van der Waals surface area contributed by atoms with E-state index in [0.29, 0.717) is 0 Å². The van der Waals surface area contributed by atoms with E-state index < -0.39 is 0 Å². The first-order chi connectivity index (χ1) is 9.75. The lowest BCUT2D eigenvalue weighted by molar-refractivity contribution is 0.562. The number of pyridine rings is 1. The molecule has 20 heavy (non-hydrogen) atoms.